The zero-order chi connectivity index (χ0) is 14.1. The van der Waals surface area contributed by atoms with Crippen molar-refractivity contribution in [3.05, 3.63) is 69.9 Å². The lowest BCUT2D eigenvalue weighted by atomic mass is 10.0. The summed E-state index contributed by atoms with van der Waals surface area (Å²) >= 11 is 12.3. The van der Waals surface area contributed by atoms with Crippen LogP contribution in [0.1, 0.15) is 17.4 Å². The van der Waals surface area contributed by atoms with Gasteiger partial charge < -0.3 is 10.2 Å². The largest absolute Gasteiger partial charge is 0.458 e. The fraction of sp³-hybridized carbons (Fsp3) is 0.125. The predicted molar refractivity (Wildman–Crippen MR) is 83.3 cm³/mol. The van der Waals surface area contributed by atoms with Gasteiger partial charge in [0.15, 0.2) is 5.58 Å². The highest BCUT2D eigenvalue weighted by atomic mass is 35.5. The lowest BCUT2D eigenvalue weighted by Gasteiger charge is -2.09. The average Bonchev–Trinajstić information content (AvgIpc) is 2.87. The molecule has 0 saturated heterocycles. The molecule has 1 heterocycles. The molecule has 4 heteroatoms. The highest BCUT2D eigenvalue weighted by molar-refractivity contribution is 6.34. The normalized spacial score (nSPS) is 12.8. The van der Waals surface area contributed by atoms with Crippen molar-refractivity contribution in [1.82, 2.24) is 0 Å². The topological polar surface area (TPSA) is 39.2 Å². The van der Waals surface area contributed by atoms with Gasteiger partial charge in [-0.25, -0.2) is 0 Å². The molecular formula is C16H13Cl2NO. The van der Waals surface area contributed by atoms with E-state index in [-0.39, 0.29) is 6.04 Å². The molecule has 0 amide bonds. The first kappa shape index (κ1) is 13.5. The van der Waals surface area contributed by atoms with Crippen LogP contribution in [-0.4, -0.2) is 0 Å². The third-order valence-electron chi connectivity index (χ3n) is 3.28. The standard InChI is InChI=1S/C16H13Cl2NO/c17-12-6-2-1-4-10(12)8-14(19)15-9-11-5-3-7-13(18)16(11)20-15/h1-7,9,14H,8,19H2. The van der Waals surface area contributed by atoms with Crippen LogP contribution >= 0.6 is 23.2 Å². The van der Waals surface area contributed by atoms with Gasteiger partial charge in [0.2, 0.25) is 0 Å². The fourth-order valence-corrected chi connectivity index (χ4v) is 2.66. The van der Waals surface area contributed by atoms with Gasteiger partial charge in [-0.05, 0) is 30.2 Å². The second-order valence-electron chi connectivity index (χ2n) is 4.71. The smallest absolute Gasteiger partial charge is 0.152 e. The van der Waals surface area contributed by atoms with Crippen molar-refractivity contribution in [2.45, 2.75) is 12.5 Å². The van der Waals surface area contributed by atoms with Gasteiger partial charge in [-0.1, -0.05) is 53.5 Å². The monoisotopic (exact) mass is 305 g/mol. The average molecular weight is 306 g/mol. The van der Waals surface area contributed by atoms with Crippen LogP contribution in [0.25, 0.3) is 11.0 Å². The van der Waals surface area contributed by atoms with Gasteiger partial charge in [0.05, 0.1) is 11.1 Å². The number of hydrogen-bond donors (Lipinski definition) is 1. The Hall–Kier alpha value is -1.48. The molecule has 2 aromatic carbocycles. The van der Waals surface area contributed by atoms with E-state index in [1.54, 1.807) is 6.07 Å². The van der Waals surface area contributed by atoms with Crippen LogP contribution in [0.3, 0.4) is 0 Å². The van der Waals surface area contributed by atoms with E-state index >= 15 is 0 Å². The Labute approximate surface area is 127 Å². The molecule has 20 heavy (non-hydrogen) atoms. The quantitative estimate of drug-likeness (QED) is 0.741. The molecule has 1 unspecified atom stereocenters. The molecule has 0 spiro atoms. The number of halogens is 2. The molecule has 0 bridgehead atoms. The molecule has 1 atom stereocenters. The molecule has 0 radical (unpaired) electrons. The molecule has 3 aromatic rings. The Bertz CT molecular complexity index is 751. The maximum atomic E-state index is 6.21. The van der Waals surface area contributed by atoms with Gasteiger partial charge in [-0.15, -0.1) is 0 Å². The van der Waals surface area contributed by atoms with Crippen LogP contribution in [0.2, 0.25) is 10.0 Å². The van der Waals surface area contributed by atoms with E-state index in [2.05, 4.69) is 0 Å². The fourth-order valence-electron chi connectivity index (χ4n) is 2.23. The number of rotatable bonds is 3. The van der Waals surface area contributed by atoms with Crippen molar-refractivity contribution in [1.29, 1.82) is 0 Å². The zero-order valence-corrected chi connectivity index (χ0v) is 12.2. The lowest BCUT2D eigenvalue weighted by Crippen LogP contribution is -2.12. The van der Waals surface area contributed by atoms with E-state index in [0.717, 1.165) is 16.0 Å². The molecule has 2 N–H and O–H groups in total. The van der Waals surface area contributed by atoms with Crippen LogP contribution in [0.5, 0.6) is 0 Å². The lowest BCUT2D eigenvalue weighted by molar-refractivity contribution is 0.494. The minimum absolute atomic E-state index is 0.252. The Morgan fingerprint density at radius 1 is 1.00 bits per heavy atom. The second-order valence-corrected chi connectivity index (χ2v) is 5.52. The summed E-state index contributed by atoms with van der Waals surface area (Å²) in [4.78, 5) is 0. The maximum absolute atomic E-state index is 6.21. The Morgan fingerprint density at radius 3 is 2.50 bits per heavy atom. The summed E-state index contributed by atoms with van der Waals surface area (Å²) in [5, 5.41) is 2.28. The first-order chi connectivity index (χ1) is 9.65. The number of hydrogen-bond acceptors (Lipinski definition) is 2. The minimum Gasteiger partial charge on any atom is -0.458 e. The minimum atomic E-state index is -0.252. The van der Waals surface area contributed by atoms with Gasteiger partial charge in [-0.3, -0.25) is 0 Å². The van der Waals surface area contributed by atoms with Crippen molar-refractivity contribution in [2.75, 3.05) is 0 Å². The summed E-state index contributed by atoms with van der Waals surface area (Å²) < 4.78 is 5.77. The van der Waals surface area contributed by atoms with Gasteiger partial charge in [-0.2, -0.15) is 0 Å². The van der Waals surface area contributed by atoms with E-state index in [9.17, 15) is 0 Å². The van der Waals surface area contributed by atoms with E-state index < -0.39 is 0 Å². The number of benzene rings is 2. The van der Waals surface area contributed by atoms with Gasteiger partial charge >= 0.3 is 0 Å². The number of fused-ring (bicyclic) bond motifs is 1. The molecule has 2 nitrogen and oxygen atoms in total. The Kier molecular flexibility index (Phi) is 3.70. The maximum Gasteiger partial charge on any atom is 0.152 e. The SMILES string of the molecule is NC(Cc1ccccc1Cl)c1cc2cccc(Cl)c2o1. The highest BCUT2D eigenvalue weighted by Gasteiger charge is 2.15. The first-order valence-corrected chi connectivity index (χ1v) is 7.07. The number of furan rings is 1. The predicted octanol–water partition coefficient (Wildman–Crippen LogP) is 4.98. The van der Waals surface area contributed by atoms with Crippen molar-refractivity contribution in [3.8, 4) is 0 Å². The van der Waals surface area contributed by atoms with Gasteiger partial charge in [0.1, 0.15) is 5.76 Å². The van der Waals surface area contributed by atoms with Crippen molar-refractivity contribution in [3.63, 3.8) is 0 Å². The molecule has 102 valence electrons. The molecule has 0 fully saturated rings. The Balaban J connectivity index is 1.91. The molecule has 0 aliphatic heterocycles. The van der Waals surface area contributed by atoms with Crippen LogP contribution < -0.4 is 5.73 Å². The molecule has 0 saturated carbocycles. The van der Waals surface area contributed by atoms with Crippen LogP contribution in [0.4, 0.5) is 0 Å². The summed E-state index contributed by atoms with van der Waals surface area (Å²) in [6.07, 6.45) is 0.622. The zero-order valence-electron chi connectivity index (χ0n) is 10.6. The number of nitrogens with two attached hydrogens (primary N) is 1. The van der Waals surface area contributed by atoms with Crippen LogP contribution in [-0.2, 0) is 6.42 Å². The van der Waals surface area contributed by atoms with Crippen LogP contribution in [0, 0.1) is 0 Å². The summed E-state index contributed by atoms with van der Waals surface area (Å²) in [6.45, 7) is 0. The summed E-state index contributed by atoms with van der Waals surface area (Å²) in [5.74, 6) is 0.716. The molecular weight excluding hydrogens is 293 g/mol. The van der Waals surface area contributed by atoms with E-state index in [1.807, 2.05) is 42.5 Å². The molecule has 0 aliphatic carbocycles. The second kappa shape index (κ2) is 5.49. The molecule has 0 aliphatic rings. The van der Waals surface area contributed by atoms with E-state index in [1.165, 1.54) is 0 Å². The van der Waals surface area contributed by atoms with Gasteiger partial charge in [0, 0.05) is 10.4 Å². The van der Waals surface area contributed by atoms with E-state index in [0.29, 0.717) is 22.8 Å². The summed E-state index contributed by atoms with van der Waals surface area (Å²) in [5.41, 5.74) is 7.90. The summed E-state index contributed by atoms with van der Waals surface area (Å²) in [7, 11) is 0. The number of para-hydroxylation sites is 1. The Morgan fingerprint density at radius 2 is 1.75 bits per heavy atom. The third-order valence-corrected chi connectivity index (χ3v) is 3.94. The summed E-state index contributed by atoms with van der Waals surface area (Å²) in [6, 6.07) is 15.0. The van der Waals surface area contributed by atoms with E-state index in [4.69, 9.17) is 33.4 Å². The third kappa shape index (κ3) is 2.55. The van der Waals surface area contributed by atoms with Crippen molar-refractivity contribution >= 4 is 34.2 Å². The molecule has 1 aromatic heterocycles. The van der Waals surface area contributed by atoms with Crippen LogP contribution in [0.15, 0.2) is 52.9 Å². The van der Waals surface area contributed by atoms with Crippen molar-refractivity contribution < 1.29 is 4.42 Å². The highest BCUT2D eigenvalue weighted by Crippen LogP contribution is 2.30. The van der Waals surface area contributed by atoms with Gasteiger partial charge in [0.25, 0.3) is 0 Å². The van der Waals surface area contributed by atoms with Crippen molar-refractivity contribution in [2.24, 2.45) is 5.73 Å². The first-order valence-electron chi connectivity index (χ1n) is 6.32. The molecule has 3 rings (SSSR count).